The highest BCUT2D eigenvalue weighted by atomic mass is 32.2. The molecule has 2 heterocycles. The van der Waals surface area contributed by atoms with Crippen molar-refractivity contribution in [2.75, 3.05) is 17.3 Å². The first-order chi connectivity index (χ1) is 13.3. The monoisotopic (exact) mass is 438 g/mol. The summed E-state index contributed by atoms with van der Waals surface area (Å²) in [5.74, 6) is 0.737. The van der Waals surface area contributed by atoms with Gasteiger partial charge in [-0.15, -0.1) is 11.3 Å². The fourth-order valence-electron chi connectivity index (χ4n) is 2.58. The minimum Gasteiger partial charge on any atom is -0.455 e. The number of rotatable bonds is 9. The Labute approximate surface area is 172 Å². The van der Waals surface area contributed by atoms with Gasteiger partial charge in [0.2, 0.25) is 0 Å². The largest absolute Gasteiger partial charge is 0.455 e. The number of unbranched alkanes of at least 4 members (excludes halogenated alkanes) is 2. The Morgan fingerprint density at radius 3 is 2.82 bits per heavy atom. The molecule has 1 amide bonds. The van der Waals surface area contributed by atoms with Crippen LogP contribution >= 0.6 is 23.1 Å². The van der Waals surface area contributed by atoms with E-state index in [0.29, 0.717) is 5.69 Å². The quantitative estimate of drug-likeness (QED) is 0.375. The number of nitrogens with zero attached hydrogens (tertiary/aromatic N) is 1. The van der Waals surface area contributed by atoms with E-state index in [-0.39, 0.29) is 17.3 Å². The van der Waals surface area contributed by atoms with Crippen LogP contribution in [0.15, 0.2) is 39.1 Å². The number of aromatic nitrogens is 1. The molecule has 3 aromatic rings. The Balaban J connectivity index is 1.66. The number of anilines is 1. The average Bonchev–Trinajstić information content (AvgIpc) is 3.23. The third-order valence-electron chi connectivity index (χ3n) is 3.89. The standard InChI is InChI=1S/C19H22N2O4S3/c1-3-4-5-10-26-19-21-15-8-6-13(11-17(15)27-19)20-18(22)16-9-7-14(25-16)12-28(2,23)24/h6-9,11H,3-5,10,12H2,1-2H3,(H,20,22). The topological polar surface area (TPSA) is 89.3 Å². The average molecular weight is 439 g/mol. The summed E-state index contributed by atoms with van der Waals surface area (Å²) < 4.78 is 30.0. The van der Waals surface area contributed by atoms with Crippen LogP contribution in [0.2, 0.25) is 0 Å². The van der Waals surface area contributed by atoms with Crippen LogP contribution in [-0.4, -0.2) is 31.3 Å². The maximum absolute atomic E-state index is 12.4. The van der Waals surface area contributed by atoms with Gasteiger partial charge < -0.3 is 9.73 Å². The first-order valence-electron chi connectivity index (χ1n) is 8.95. The van der Waals surface area contributed by atoms with Gasteiger partial charge in [0.25, 0.3) is 5.91 Å². The number of sulfone groups is 1. The van der Waals surface area contributed by atoms with Crippen LogP contribution < -0.4 is 5.32 Å². The number of benzene rings is 1. The maximum Gasteiger partial charge on any atom is 0.291 e. The third-order valence-corrected chi connectivity index (χ3v) is 6.95. The van der Waals surface area contributed by atoms with Crippen molar-refractivity contribution in [1.82, 2.24) is 4.98 Å². The number of hydrogen-bond acceptors (Lipinski definition) is 7. The molecular formula is C19H22N2O4S3. The SMILES string of the molecule is CCCCCSc1nc2ccc(NC(=O)c3ccc(CS(C)(=O)=O)o3)cc2s1. The number of carbonyl (C=O) groups excluding carboxylic acids is 1. The summed E-state index contributed by atoms with van der Waals surface area (Å²) in [6.07, 6.45) is 4.74. The first kappa shape index (κ1) is 20.9. The lowest BCUT2D eigenvalue weighted by Gasteiger charge is -2.03. The van der Waals surface area contributed by atoms with Crippen molar-refractivity contribution in [3.63, 3.8) is 0 Å². The first-order valence-corrected chi connectivity index (χ1v) is 12.8. The lowest BCUT2D eigenvalue weighted by Crippen LogP contribution is -2.10. The molecule has 0 radical (unpaired) electrons. The van der Waals surface area contributed by atoms with E-state index in [1.807, 2.05) is 12.1 Å². The highest BCUT2D eigenvalue weighted by Crippen LogP contribution is 2.32. The van der Waals surface area contributed by atoms with Crippen molar-refractivity contribution in [1.29, 1.82) is 0 Å². The zero-order valence-corrected chi connectivity index (χ0v) is 18.2. The van der Waals surface area contributed by atoms with Gasteiger partial charge >= 0.3 is 0 Å². The van der Waals surface area contributed by atoms with Gasteiger partial charge in [-0.3, -0.25) is 4.79 Å². The Kier molecular flexibility index (Phi) is 6.79. The molecule has 9 heteroatoms. The van der Waals surface area contributed by atoms with Crippen LogP contribution in [0, 0.1) is 0 Å². The van der Waals surface area contributed by atoms with E-state index >= 15 is 0 Å². The van der Waals surface area contributed by atoms with Gasteiger partial charge in [-0.05, 0) is 36.8 Å². The Morgan fingerprint density at radius 1 is 1.25 bits per heavy atom. The van der Waals surface area contributed by atoms with E-state index in [0.717, 1.165) is 26.6 Å². The number of hydrogen-bond donors (Lipinski definition) is 1. The molecule has 0 spiro atoms. The summed E-state index contributed by atoms with van der Waals surface area (Å²) >= 11 is 3.38. The van der Waals surface area contributed by atoms with Crippen molar-refractivity contribution in [2.45, 2.75) is 36.3 Å². The van der Waals surface area contributed by atoms with E-state index in [9.17, 15) is 13.2 Å². The summed E-state index contributed by atoms with van der Waals surface area (Å²) in [7, 11) is -3.21. The molecule has 2 aromatic heterocycles. The number of thioether (sulfide) groups is 1. The summed E-state index contributed by atoms with van der Waals surface area (Å²) in [5, 5.41) is 2.79. The predicted molar refractivity (Wildman–Crippen MR) is 115 cm³/mol. The summed E-state index contributed by atoms with van der Waals surface area (Å²) in [6.45, 7) is 2.19. The summed E-state index contributed by atoms with van der Waals surface area (Å²) in [6, 6.07) is 8.55. The zero-order valence-electron chi connectivity index (χ0n) is 15.7. The van der Waals surface area contributed by atoms with Crippen LogP contribution in [0.25, 0.3) is 10.2 Å². The minimum atomic E-state index is -3.21. The van der Waals surface area contributed by atoms with Crippen molar-refractivity contribution in [3.8, 4) is 0 Å². The predicted octanol–water partition coefficient (Wildman–Crippen LogP) is 4.97. The van der Waals surface area contributed by atoms with E-state index in [4.69, 9.17) is 4.42 Å². The van der Waals surface area contributed by atoms with E-state index in [2.05, 4.69) is 17.2 Å². The molecule has 0 saturated carbocycles. The Morgan fingerprint density at radius 2 is 2.07 bits per heavy atom. The molecule has 0 aliphatic carbocycles. The molecule has 1 N–H and O–H groups in total. The molecule has 0 aliphatic rings. The highest BCUT2D eigenvalue weighted by molar-refractivity contribution is 8.01. The van der Waals surface area contributed by atoms with Crippen LogP contribution in [0.4, 0.5) is 5.69 Å². The van der Waals surface area contributed by atoms with Gasteiger partial charge in [-0.1, -0.05) is 31.5 Å². The van der Waals surface area contributed by atoms with Gasteiger partial charge in [0.05, 0.1) is 10.2 Å². The zero-order chi connectivity index (χ0) is 20.1. The third kappa shape index (κ3) is 5.83. The van der Waals surface area contributed by atoms with Crippen LogP contribution in [0.3, 0.4) is 0 Å². The molecule has 0 aliphatic heterocycles. The second-order valence-corrected chi connectivity index (χ2v) is 11.0. The number of amides is 1. The second-order valence-electron chi connectivity index (χ2n) is 6.51. The lowest BCUT2D eigenvalue weighted by molar-refractivity contribution is 0.0995. The molecule has 0 unspecified atom stereocenters. The molecular weight excluding hydrogens is 416 g/mol. The van der Waals surface area contributed by atoms with Gasteiger partial charge in [-0.2, -0.15) is 0 Å². The molecule has 3 rings (SSSR count). The number of nitrogens with one attached hydrogen (secondary N) is 1. The van der Waals surface area contributed by atoms with Crippen molar-refractivity contribution in [2.24, 2.45) is 0 Å². The van der Waals surface area contributed by atoms with Crippen molar-refractivity contribution >= 4 is 54.7 Å². The number of thiazole rings is 1. The fraction of sp³-hybridized carbons (Fsp3) is 0.368. The van der Waals surface area contributed by atoms with E-state index in [1.165, 1.54) is 31.4 Å². The lowest BCUT2D eigenvalue weighted by atomic mass is 10.3. The smallest absolute Gasteiger partial charge is 0.291 e. The van der Waals surface area contributed by atoms with Crippen molar-refractivity contribution < 1.29 is 17.6 Å². The Hall–Kier alpha value is -1.84. The second kappa shape index (κ2) is 9.11. The van der Waals surface area contributed by atoms with E-state index < -0.39 is 15.7 Å². The molecule has 6 nitrogen and oxygen atoms in total. The Bertz CT molecular complexity index is 1070. The van der Waals surface area contributed by atoms with E-state index in [1.54, 1.807) is 29.2 Å². The van der Waals surface area contributed by atoms with Crippen LogP contribution in [0.1, 0.15) is 42.5 Å². The minimum absolute atomic E-state index is 0.0789. The number of carbonyl (C=O) groups is 1. The molecule has 150 valence electrons. The van der Waals surface area contributed by atoms with Crippen molar-refractivity contribution in [3.05, 3.63) is 41.9 Å². The van der Waals surface area contributed by atoms with Crippen LogP contribution in [0.5, 0.6) is 0 Å². The van der Waals surface area contributed by atoms with Crippen LogP contribution in [-0.2, 0) is 15.6 Å². The van der Waals surface area contributed by atoms with Gasteiger partial charge in [0.15, 0.2) is 19.9 Å². The molecule has 0 atom stereocenters. The summed E-state index contributed by atoms with van der Waals surface area (Å²) in [5.41, 5.74) is 1.55. The highest BCUT2D eigenvalue weighted by Gasteiger charge is 2.15. The molecule has 1 aromatic carbocycles. The van der Waals surface area contributed by atoms with Gasteiger partial charge in [0, 0.05) is 17.7 Å². The van der Waals surface area contributed by atoms with Gasteiger partial charge in [-0.25, -0.2) is 13.4 Å². The normalized spacial score (nSPS) is 11.8. The fourth-order valence-corrected chi connectivity index (χ4v) is 5.43. The number of furan rings is 1. The summed E-state index contributed by atoms with van der Waals surface area (Å²) in [4.78, 5) is 17.0. The van der Waals surface area contributed by atoms with Gasteiger partial charge in [0.1, 0.15) is 11.5 Å². The molecule has 0 saturated heterocycles. The number of fused-ring (bicyclic) bond motifs is 1. The maximum atomic E-state index is 12.4. The molecule has 0 fully saturated rings. The molecule has 0 bridgehead atoms. The molecule has 28 heavy (non-hydrogen) atoms.